The molecule has 0 N–H and O–H groups in total. The largest absolute Gasteiger partial charge is 0.491 e. The molecule has 0 spiro atoms. The van der Waals surface area contributed by atoms with Crippen LogP contribution in [0.15, 0.2) is 18.2 Å². The highest BCUT2D eigenvalue weighted by Gasteiger charge is 2.00. The van der Waals surface area contributed by atoms with E-state index >= 15 is 0 Å². The van der Waals surface area contributed by atoms with E-state index in [9.17, 15) is 0 Å². The van der Waals surface area contributed by atoms with Crippen LogP contribution in [0.4, 0.5) is 0 Å². The molecule has 0 unspecified atom stereocenters. The minimum absolute atomic E-state index is 0.256. The van der Waals surface area contributed by atoms with E-state index in [0.29, 0.717) is 0 Å². The second kappa shape index (κ2) is 17.0. The minimum Gasteiger partial charge on any atom is -0.491 e. The maximum absolute atomic E-state index is 5.64. The zero-order valence-electron chi connectivity index (χ0n) is 14.9. The molecule has 1 aromatic carbocycles. The van der Waals surface area contributed by atoms with E-state index in [4.69, 9.17) is 4.74 Å². The third-order valence-electron chi connectivity index (χ3n) is 1.89. The zero-order valence-corrected chi connectivity index (χ0v) is 14.9. The van der Waals surface area contributed by atoms with Gasteiger partial charge in [-0.3, -0.25) is 0 Å². The van der Waals surface area contributed by atoms with Crippen molar-refractivity contribution in [1.82, 2.24) is 0 Å². The Morgan fingerprint density at radius 1 is 0.895 bits per heavy atom. The van der Waals surface area contributed by atoms with Crippen molar-refractivity contribution in [2.45, 2.75) is 81.8 Å². The number of hydrogen-bond acceptors (Lipinski definition) is 1. The molecule has 0 bridgehead atoms. The topological polar surface area (TPSA) is 9.23 Å². The van der Waals surface area contributed by atoms with Gasteiger partial charge in [-0.1, -0.05) is 54.5 Å². The van der Waals surface area contributed by atoms with Crippen LogP contribution in [-0.4, -0.2) is 6.10 Å². The van der Waals surface area contributed by atoms with Gasteiger partial charge < -0.3 is 4.74 Å². The number of hydrogen-bond donors (Lipinski definition) is 0. The van der Waals surface area contributed by atoms with Crippen LogP contribution in [0.3, 0.4) is 0 Å². The molecular formula is C18H36O. The van der Waals surface area contributed by atoms with Crippen LogP contribution in [0, 0.1) is 6.92 Å². The van der Waals surface area contributed by atoms with E-state index in [1.54, 1.807) is 0 Å². The highest BCUT2D eigenvalue weighted by molar-refractivity contribution is 5.33. The van der Waals surface area contributed by atoms with Crippen LogP contribution in [0.2, 0.25) is 0 Å². The Balaban J connectivity index is -0.000000375. The average molecular weight is 268 g/mol. The maximum atomic E-state index is 5.64. The first-order valence-electron chi connectivity index (χ1n) is 7.89. The molecule has 0 amide bonds. The molecule has 1 heteroatoms. The van der Waals surface area contributed by atoms with Gasteiger partial charge in [-0.2, -0.15) is 0 Å². The molecule has 0 radical (unpaired) electrons. The molecule has 1 rings (SSSR count). The predicted molar refractivity (Wildman–Crippen MR) is 90.4 cm³/mol. The van der Waals surface area contributed by atoms with Crippen molar-refractivity contribution in [2.75, 3.05) is 0 Å². The summed E-state index contributed by atoms with van der Waals surface area (Å²) in [5.41, 5.74) is 2.62. The standard InChI is InChI=1S/C12H18O.3C2H6/c1-5-11-6-10(4)7-12(8-11)13-9(2)3;3*1-2/h6-9H,5H2,1-4H3;3*1-2H3. The number of aryl methyl sites for hydroxylation is 2. The molecule has 114 valence electrons. The molecule has 0 aliphatic rings. The third kappa shape index (κ3) is 13.3. The van der Waals surface area contributed by atoms with Crippen molar-refractivity contribution in [1.29, 1.82) is 0 Å². The Labute approximate surface area is 122 Å². The summed E-state index contributed by atoms with van der Waals surface area (Å²) in [6.07, 6.45) is 1.32. The lowest BCUT2D eigenvalue weighted by molar-refractivity contribution is 0.242. The Morgan fingerprint density at radius 3 is 1.74 bits per heavy atom. The quantitative estimate of drug-likeness (QED) is 0.614. The van der Waals surface area contributed by atoms with Crippen molar-refractivity contribution in [3.63, 3.8) is 0 Å². The summed E-state index contributed by atoms with van der Waals surface area (Å²) in [6.45, 7) is 20.4. The zero-order chi connectivity index (χ0) is 15.8. The fourth-order valence-corrected chi connectivity index (χ4v) is 1.37. The third-order valence-corrected chi connectivity index (χ3v) is 1.89. The molecular weight excluding hydrogens is 232 g/mol. The van der Waals surface area contributed by atoms with Crippen molar-refractivity contribution in [2.24, 2.45) is 0 Å². The smallest absolute Gasteiger partial charge is 0.120 e. The Morgan fingerprint density at radius 2 is 1.37 bits per heavy atom. The molecule has 19 heavy (non-hydrogen) atoms. The monoisotopic (exact) mass is 268 g/mol. The summed E-state index contributed by atoms with van der Waals surface area (Å²) in [4.78, 5) is 0. The summed E-state index contributed by atoms with van der Waals surface area (Å²) in [6, 6.07) is 6.40. The van der Waals surface area contributed by atoms with E-state index in [-0.39, 0.29) is 6.10 Å². The molecule has 1 nitrogen and oxygen atoms in total. The molecule has 0 fully saturated rings. The van der Waals surface area contributed by atoms with E-state index in [1.165, 1.54) is 11.1 Å². The van der Waals surface area contributed by atoms with Crippen molar-refractivity contribution >= 4 is 0 Å². The van der Waals surface area contributed by atoms with Gasteiger partial charge in [-0.05, 0) is 50.5 Å². The van der Waals surface area contributed by atoms with Gasteiger partial charge in [-0.25, -0.2) is 0 Å². The van der Waals surface area contributed by atoms with Crippen LogP contribution >= 0.6 is 0 Å². The van der Waals surface area contributed by atoms with Crippen molar-refractivity contribution in [3.8, 4) is 5.75 Å². The van der Waals surface area contributed by atoms with Gasteiger partial charge >= 0.3 is 0 Å². The van der Waals surface area contributed by atoms with E-state index < -0.39 is 0 Å². The molecule has 0 aromatic heterocycles. The highest BCUT2D eigenvalue weighted by Crippen LogP contribution is 2.18. The molecule has 0 atom stereocenters. The summed E-state index contributed by atoms with van der Waals surface area (Å²) in [5, 5.41) is 0. The van der Waals surface area contributed by atoms with E-state index in [1.807, 2.05) is 55.4 Å². The second-order valence-corrected chi connectivity index (χ2v) is 3.67. The van der Waals surface area contributed by atoms with Crippen molar-refractivity contribution < 1.29 is 4.74 Å². The first-order chi connectivity index (χ1) is 9.11. The van der Waals surface area contributed by atoms with E-state index in [2.05, 4.69) is 32.0 Å². The van der Waals surface area contributed by atoms with Crippen LogP contribution in [0.5, 0.6) is 5.75 Å². The summed E-state index contributed by atoms with van der Waals surface area (Å²) >= 11 is 0. The molecule has 0 saturated carbocycles. The number of ether oxygens (including phenoxy) is 1. The van der Waals surface area contributed by atoms with Gasteiger partial charge in [0.25, 0.3) is 0 Å². The lowest BCUT2D eigenvalue weighted by Gasteiger charge is -2.11. The number of benzene rings is 1. The summed E-state index contributed by atoms with van der Waals surface area (Å²) in [7, 11) is 0. The normalized spacial score (nSPS) is 8.16. The maximum Gasteiger partial charge on any atom is 0.120 e. The lowest BCUT2D eigenvalue weighted by Crippen LogP contribution is -2.05. The highest BCUT2D eigenvalue weighted by atomic mass is 16.5. The van der Waals surface area contributed by atoms with Gasteiger partial charge in [0.15, 0.2) is 0 Å². The van der Waals surface area contributed by atoms with Gasteiger partial charge in [0.2, 0.25) is 0 Å². The molecule has 0 heterocycles. The second-order valence-electron chi connectivity index (χ2n) is 3.67. The van der Waals surface area contributed by atoms with Gasteiger partial charge in [0.05, 0.1) is 6.10 Å². The van der Waals surface area contributed by atoms with E-state index in [0.717, 1.165) is 12.2 Å². The lowest BCUT2D eigenvalue weighted by atomic mass is 10.1. The SMILES string of the molecule is CC.CC.CC.CCc1cc(C)cc(OC(C)C)c1. The first kappa shape index (κ1) is 23.1. The summed E-state index contributed by atoms with van der Waals surface area (Å²) < 4.78 is 5.64. The fourth-order valence-electron chi connectivity index (χ4n) is 1.37. The Kier molecular flexibility index (Phi) is 20.7. The molecule has 1 aromatic rings. The Hall–Kier alpha value is -0.980. The van der Waals surface area contributed by atoms with Crippen LogP contribution in [0.1, 0.15) is 73.4 Å². The van der Waals surface area contributed by atoms with Gasteiger partial charge in [0, 0.05) is 0 Å². The number of rotatable bonds is 3. The van der Waals surface area contributed by atoms with Gasteiger partial charge in [-0.15, -0.1) is 0 Å². The Bertz CT molecular complexity index is 277. The van der Waals surface area contributed by atoms with Crippen LogP contribution in [-0.2, 0) is 6.42 Å². The average Bonchev–Trinajstić information content (AvgIpc) is 2.44. The van der Waals surface area contributed by atoms with Crippen molar-refractivity contribution in [3.05, 3.63) is 29.3 Å². The van der Waals surface area contributed by atoms with Gasteiger partial charge in [0.1, 0.15) is 5.75 Å². The molecule has 0 saturated heterocycles. The van der Waals surface area contributed by atoms with Crippen LogP contribution < -0.4 is 4.74 Å². The minimum atomic E-state index is 0.256. The predicted octanol–water partition coefficient (Wildman–Crippen LogP) is 6.42. The first-order valence-corrected chi connectivity index (χ1v) is 7.89. The summed E-state index contributed by atoms with van der Waals surface area (Å²) in [5.74, 6) is 0.992. The van der Waals surface area contributed by atoms with Crippen LogP contribution in [0.25, 0.3) is 0 Å². The molecule has 0 aliphatic heterocycles. The molecule has 0 aliphatic carbocycles. The fraction of sp³-hybridized carbons (Fsp3) is 0.667.